The molecule has 1 aromatic rings. The number of carbonyl (C=O) groups excluding carboxylic acids is 3. The summed E-state index contributed by atoms with van der Waals surface area (Å²) in [7, 11) is 0. The molecular weight excluding hydrogens is 328 g/mol. The lowest BCUT2D eigenvalue weighted by atomic mass is 10.1. The topological polar surface area (TPSA) is 75.7 Å². The largest absolute Gasteiger partial charge is 0.462 e. The quantitative estimate of drug-likeness (QED) is 0.726. The zero-order chi connectivity index (χ0) is 18.3. The molecule has 1 N–H and O–H groups in total. The lowest BCUT2D eigenvalue weighted by molar-refractivity contribution is -0.116. The number of ether oxygens (including phenoxy) is 1. The minimum atomic E-state index is -0.517. The van der Waals surface area contributed by atoms with Crippen LogP contribution in [0, 0.1) is 6.92 Å². The van der Waals surface area contributed by atoms with Crippen LogP contribution in [0.2, 0.25) is 0 Å². The average Bonchev–Trinajstić information content (AvgIpc) is 2.85. The Labute approximate surface area is 147 Å². The van der Waals surface area contributed by atoms with Crippen molar-refractivity contribution in [3.05, 3.63) is 16.0 Å². The highest BCUT2D eigenvalue weighted by atomic mass is 32.1. The van der Waals surface area contributed by atoms with Gasteiger partial charge in [0, 0.05) is 19.5 Å². The molecule has 0 aromatic carbocycles. The molecule has 134 valence electrons. The molecule has 1 aromatic heterocycles. The molecule has 0 spiro atoms. The summed E-state index contributed by atoms with van der Waals surface area (Å²) >= 11 is 1.14. The third kappa shape index (κ3) is 4.56. The summed E-state index contributed by atoms with van der Waals surface area (Å²) in [5, 5.41) is 3.14. The number of hydrogen-bond acceptors (Lipinski definition) is 5. The number of esters is 1. The molecule has 6 nitrogen and oxygen atoms in total. The first-order valence-corrected chi connectivity index (χ1v) is 9.12. The molecule has 0 fully saturated rings. The Bertz CT molecular complexity index is 606. The van der Waals surface area contributed by atoms with E-state index in [0.717, 1.165) is 11.3 Å². The van der Waals surface area contributed by atoms with Gasteiger partial charge in [0.15, 0.2) is 0 Å². The third-order valence-electron chi connectivity index (χ3n) is 3.60. The van der Waals surface area contributed by atoms with Crippen molar-refractivity contribution in [2.75, 3.05) is 25.0 Å². The summed E-state index contributed by atoms with van der Waals surface area (Å²) in [4.78, 5) is 39.0. The predicted octanol–water partition coefficient (Wildman–Crippen LogP) is 3.45. The Hall–Kier alpha value is -1.89. The van der Waals surface area contributed by atoms with Crippen LogP contribution in [0.3, 0.4) is 0 Å². The number of anilines is 1. The average molecular weight is 354 g/mol. The molecule has 0 aliphatic carbocycles. The van der Waals surface area contributed by atoms with Crippen molar-refractivity contribution in [1.29, 1.82) is 0 Å². The third-order valence-corrected chi connectivity index (χ3v) is 4.80. The number of nitrogens with zero attached hydrogens (tertiary/aromatic N) is 1. The molecule has 1 heterocycles. The van der Waals surface area contributed by atoms with Gasteiger partial charge < -0.3 is 15.0 Å². The van der Waals surface area contributed by atoms with Gasteiger partial charge in [0.2, 0.25) is 5.91 Å². The second-order valence-corrected chi connectivity index (χ2v) is 6.28. The highest BCUT2D eigenvalue weighted by Gasteiger charge is 2.28. The first kappa shape index (κ1) is 20.2. The SMILES string of the molecule is CCCC(=O)Nc1sc(C(=O)N(CC)CC)c(C)c1C(=O)OCC. The van der Waals surface area contributed by atoms with Crippen molar-refractivity contribution in [2.45, 2.75) is 47.5 Å². The van der Waals surface area contributed by atoms with Crippen LogP contribution in [0.15, 0.2) is 0 Å². The lowest BCUT2D eigenvalue weighted by Gasteiger charge is -2.18. The van der Waals surface area contributed by atoms with Crippen molar-refractivity contribution in [3.63, 3.8) is 0 Å². The Kier molecular flexibility index (Phi) is 7.91. The second kappa shape index (κ2) is 9.42. The van der Waals surface area contributed by atoms with Gasteiger partial charge in [-0.05, 0) is 39.7 Å². The Morgan fingerprint density at radius 1 is 1.12 bits per heavy atom. The Morgan fingerprint density at radius 3 is 2.25 bits per heavy atom. The molecule has 0 aliphatic rings. The van der Waals surface area contributed by atoms with Crippen LogP contribution in [0.25, 0.3) is 0 Å². The fraction of sp³-hybridized carbons (Fsp3) is 0.588. The van der Waals surface area contributed by atoms with Crippen LogP contribution in [-0.2, 0) is 9.53 Å². The smallest absolute Gasteiger partial charge is 0.341 e. The molecule has 1 rings (SSSR count). The van der Waals surface area contributed by atoms with Crippen LogP contribution >= 0.6 is 11.3 Å². The summed E-state index contributed by atoms with van der Waals surface area (Å²) in [5.74, 6) is -0.827. The molecule has 0 aliphatic heterocycles. The van der Waals surface area contributed by atoms with E-state index >= 15 is 0 Å². The molecule has 0 radical (unpaired) electrons. The van der Waals surface area contributed by atoms with Gasteiger partial charge in [0.05, 0.1) is 17.0 Å². The van der Waals surface area contributed by atoms with E-state index in [2.05, 4.69) is 5.32 Å². The first-order chi connectivity index (χ1) is 11.4. The normalized spacial score (nSPS) is 10.4. The number of hydrogen-bond donors (Lipinski definition) is 1. The number of thiophene rings is 1. The van der Waals surface area contributed by atoms with Crippen molar-refractivity contribution in [2.24, 2.45) is 0 Å². The van der Waals surface area contributed by atoms with Gasteiger partial charge in [0.25, 0.3) is 5.91 Å². The van der Waals surface area contributed by atoms with E-state index in [1.165, 1.54) is 0 Å². The molecule has 0 atom stereocenters. The van der Waals surface area contributed by atoms with Crippen molar-refractivity contribution < 1.29 is 19.1 Å². The molecule has 2 amide bonds. The van der Waals surface area contributed by atoms with Crippen molar-refractivity contribution in [3.8, 4) is 0 Å². The van der Waals surface area contributed by atoms with Gasteiger partial charge in [-0.25, -0.2) is 4.79 Å². The molecule has 0 saturated carbocycles. The van der Waals surface area contributed by atoms with Gasteiger partial charge in [-0.2, -0.15) is 0 Å². The fourth-order valence-electron chi connectivity index (χ4n) is 2.33. The van der Waals surface area contributed by atoms with Crippen LogP contribution in [-0.4, -0.2) is 42.4 Å². The first-order valence-electron chi connectivity index (χ1n) is 8.30. The molecule has 0 bridgehead atoms. The van der Waals surface area contributed by atoms with Crippen LogP contribution in [0.4, 0.5) is 5.00 Å². The fourth-order valence-corrected chi connectivity index (χ4v) is 3.50. The minimum absolute atomic E-state index is 0.135. The Morgan fingerprint density at radius 2 is 1.75 bits per heavy atom. The van der Waals surface area contributed by atoms with E-state index < -0.39 is 5.97 Å². The maximum Gasteiger partial charge on any atom is 0.341 e. The molecule has 24 heavy (non-hydrogen) atoms. The van der Waals surface area contributed by atoms with Gasteiger partial charge in [-0.3, -0.25) is 9.59 Å². The predicted molar refractivity (Wildman–Crippen MR) is 95.8 cm³/mol. The standard InChI is InChI=1S/C17H26N2O4S/c1-6-10-12(20)18-15-13(17(22)23-9-4)11(5)14(24-15)16(21)19(7-2)8-3/h6-10H2,1-5H3,(H,18,20). The highest BCUT2D eigenvalue weighted by Crippen LogP contribution is 2.34. The van der Waals surface area contributed by atoms with Crippen LogP contribution in [0.1, 0.15) is 66.1 Å². The second-order valence-electron chi connectivity index (χ2n) is 5.26. The van der Waals surface area contributed by atoms with E-state index in [1.54, 1.807) is 18.7 Å². The molecular formula is C17H26N2O4S. The molecule has 0 unspecified atom stereocenters. The van der Waals surface area contributed by atoms with E-state index in [9.17, 15) is 14.4 Å². The van der Waals surface area contributed by atoms with Gasteiger partial charge >= 0.3 is 5.97 Å². The zero-order valence-electron chi connectivity index (χ0n) is 15.0. The number of rotatable bonds is 8. The van der Waals surface area contributed by atoms with E-state index in [0.29, 0.717) is 41.4 Å². The summed E-state index contributed by atoms with van der Waals surface area (Å²) in [5.41, 5.74) is 0.837. The molecule has 7 heteroatoms. The number of amides is 2. The van der Waals surface area contributed by atoms with E-state index in [1.807, 2.05) is 20.8 Å². The number of nitrogens with one attached hydrogen (secondary N) is 1. The maximum absolute atomic E-state index is 12.7. The van der Waals surface area contributed by atoms with Crippen LogP contribution < -0.4 is 5.32 Å². The van der Waals surface area contributed by atoms with Crippen molar-refractivity contribution in [1.82, 2.24) is 4.90 Å². The monoisotopic (exact) mass is 354 g/mol. The minimum Gasteiger partial charge on any atom is -0.462 e. The van der Waals surface area contributed by atoms with Gasteiger partial charge in [-0.1, -0.05) is 6.92 Å². The summed E-state index contributed by atoms with van der Waals surface area (Å²) in [6.45, 7) is 10.5. The summed E-state index contributed by atoms with van der Waals surface area (Å²) < 4.78 is 5.09. The highest BCUT2D eigenvalue weighted by molar-refractivity contribution is 7.18. The maximum atomic E-state index is 12.7. The van der Waals surface area contributed by atoms with Crippen LogP contribution in [0.5, 0.6) is 0 Å². The molecule has 0 saturated heterocycles. The van der Waals surface area contributed by atoms with Crippen molar-refractivity contribution >= 4 is 34.1 Å². The summed E-state index contributed by atoms with van der Waals surface area (Å²) in [6, 6.07) is 0. The van der Waals surface area contributed by atoms with Gasteiger partial charge in [0.1, 0.15) is 5.00 Å². The van der Waals surface area contributed by atoms with E-state index in [4.69, 9.17) is 4.74 Å². The zero-order valence-corrected chi connectivity index (χ0v) is 15.8. The van der Waals surface area contributed by atoms with Gasteiger partial charge in [-0.15, -0.1) is 11.3 Å². The lowest BCUT2D eigenvalue weighted by Crippen LogP contribution is -2.30. The number of carbonyl (C=O) groups is 3. The van der Waals surface area contributed by atoms with E-state index in [-0.39, 0.29) is 24.0 Å². The Balaban J connectivity index is 3.30. The summed E-state index contributed by atoms with van der Waals surface area (Å²) in [6.07, 6.45) is 1.06.